The third kappa shape index (κ3) is 4.04. The highest BCUT2D eigenvalue weighted by Crippen LogP contribution is 2.05. The third-order valence-corrected chi connectivity index (χ3v) is 3.82. The van der Waals surface area contributed by atoms with Crippen molar-refractivity contribution < 1.29 is 0 Å². The molecule has 0 aliphatic carbocycles. The Kier molecular flexibility index (Phi) is 7.08. The molecule has 0 spiro atoms. The average molecular weight is 336 g/mol. The lowest BCUT2D eigenvalue weighted by atomic mass is 10.2. The molecule has 124 valence electrons. The van der Waals surface area contributed by atoms with E-state index in [-0.39, 0.29) is 30.2 Å². The van der Waals surface area contributed by atoms with Gasteiger partial charge in [-0.1, -0.05) is 37.8 Å². The zero-order chi connectivity index (χ0) is 16.1. The van der Waals surface area contributed by atoms with Gasteiger partial charge in [0.15, 0.2) is 0 Å². The van der Waals surface area contributed by atoms with Gasteiger partial charge < -0.3 is 0 Å². The maximum absolute atomic E-state index is 12.4. The van der Waals surface area contributed by atoms with Crippen LogP contribution in [0.15, 0.2) is 33.9 Å². The molecule has 0 aliphatic heterocycles. The Morgan fingerprint density at radius 2 is 1.74 bits per heavy atom. The van der Waals surface area contributed by atoms with Gasteiger partial charge in [-0.2, -0.15) is 0 Å². The van der Waals surface area contributed by atoms with Gasteiger partial charge in [0.1, 0.15) is 0 Å². The first-order chi connectivity index (χ1) is 10.6. The molecule has 1 aromatic carbocycles. The second kappa shape index (κ2) is 8.56. The molecular weight excluding hydrogens is 314 g/mol. The highest BCUT2D eigenvalue weighted by atomic mass is 35.5. The van der Waals surface area contributed by atoms with Gasteiger partial charge in [-0.3, -0.25) is 14.3 Å². The number of halogens is 1. The molecule has 1 heterocycles. The molecule has 23 heavy (non-hydrogen) atoms. The predicted molar refractivity (Wildman–Crippen MR) is 96.3 cm³/mol. The van der Waals surface area contributed by atoms with Crippen molar-refractivity contribution in [3.63, 3.8) is 0 Å². The monoisotopic (exact) mass is 335 g/mol. The fourth-order valence-electron chi connectivity index (χ4n) is 2.35. The smallest absolute Gasteiger partial charge is 0.296 e. The molecular formula is C17H22ClN3O2. The Morgan fingerprint density at radius 1 is 1.09 bits per heavy atom. The van der Waals surface area contributed by atoms with Crippen molar-refractivity contribution in [2.45, 2.75) is 20.4 Å². The van der Waals surface area contributed by atoms with Crippen molar-refractivity contribution in [2.24, 2.45) is 7.05 Å². The van der Waals surface area contributed by atoms with Gasteiger partial charge >= 0.3 is 5.69 Å². The van der Waals surface area contributed by atoms with Crippen LogP contribution in [0.2, 0.25) is 0 Å². The van der Waals surface area contributed by atoms with Crippen molar-refractivity contribution in [3.8, 4) is 11.8 Å². The van der Waals surface area contributed by atoms with Crippen LogP contribution in [0, 0.1) is 11.8 Å². The Bertz CT molecular complexity index is 839. The Balaban J connectivity index is 0.00000264. The van der Waals surface area contributed by atoms with Crippen LogP contribution in [-0.4, -0.2) is 33.7 Å². The summed E-state index contributed by atoms with van der Waals surface area (Å²) in [7, 11) is 1.67. The summed E-state index contributed by atoms with van der Waals surface area (Å²) in [6, 6.07) is 7.12. The van der Waals surface area contributed by atoms with E-state index in [0.29, 0.717) is 17.4 Å². The van der Waals surface area contributed by atoms with Crippen molar-refractivity contribution in [1.82, 2.24) is 14.0 Å². The molecule has 5 nitrogen and oxygen atoms in total. The van der Waals surface area contributed by atoms with Crippen molar-refractivity contribution in [3.05, 3.63) is 45.1 Å². The van der Waals surface area contributed by atoms with E-state index in [1.54, 1.807) is 25.2 Å². The van der Waals surface area contributed by atoms with Crippen LogP contribution in [0.25, 0.3) is 10.9 Å². The lowest BCUT2D eigenvalue weighted by Crippen LogP contribution is -2.38. The first kappa shape index (κ1) is 19.0. The molecule has 2 aromatic rings. The van der Waals surface area contributed by atoms with Crippen molar-refractivity contribution >= 4 is 23.3 Å². The number of fused-ring (bicyclic) bond motifs is 1. The number of aromatic nitrogens is 2. The third-order valence-electron chi connectivity index (χ3n) is 3.82. The standard InChI is InChI=1S/C17H21N3O2.ClH/c1-4-19(5-2)12-8-9-13-20-16(21)14-10-6-7-11-15(14)18(3)17(20)22;/h6-7,10-11H,4-5,12-13H2,1-3H3;1H. The summed E-state index contributed by atoms with van der Waals surface area (Å²) in [6.45, 7) is 6.79. The zero-order valence-electron chi connectivity index (χ0n) is 13.7. The Labute approximate surface area is 141 Å². The summed E-state index contributed by atoms with van der Waals surface area (Å²) in [5.74, 6) is 5.96. The summed E-state index contributed by atoms with van der Waals surface area (Å²) in [5.41, 5.74) is 0.0292. The summed E-state index contributed by atoms with van der Waals surface area (Å²) in [4.78, 5) is 26.9. The van der Waals surface area contributed by atoms with E-state index in [4.69, 9.17) is 0 Å². The molecule has 0 atom stereocenters. The van der Waals surface area contributed by atoms with E-state index < -0.39 is 0 Å². The molecule has 0 radical (unpaired) electrons. The van der Waals surface area contributed by atoms with Crippen LogP contribution in [0.1, 0.15) is 13.8 Å². The second-order valence-electron chi connectivity index (χ2n) is 5.06. The van der Waals surface area contributed by atoms with Gasteiger partial charge in [0.2, 0.25) is 0 Å². The second-order valence-corrected chi connectivity index (χ2v) is 5.06. The van der Waals surface area contributed by atoms with Gasteiger partial charge in [-0.25, -0.2) is 9.36 Å². The van der Waals surface area contributed by atoms with E-state index >= 15 is 0 Å². The highest BCUT2D eigenvalue weighted by Gasteiger charge is 2.08. The number of nitrogens with zero attached hydrogens (tertiary/aromatic N) is 3. The number of rotatable bonds is 4. The lowest BCUT2D eigenvalue weighted by Gasteiger charge is -2.13. The molecule has 0 aliphatic rings. The average Bonchev–Trinajstić information content (AvgIpc) is 2.55. The van der Waals surface area contributed by atoms with E-state index in [1.807, 2.05) is 6.07 Å². The summed E-state index contributed by atoms with van der Waals surface area (Å²) in [5, 5.41) is 0.537. The Morgan fingerprint density at radius 3 is 2.39 bits per heavy atom. The van der Waals surface area contributed by atoms with E-state index in [1.165, 1.54) is 9.13 Å². The number of aryl methyl sites for hydroxylation is 1. The summed E-state index contributed by atoms with van der Waals surface area (Å²) in [6.07, 6.45) is 0. The summed E-state index contributed by atoms with van der Waals surface area (Å²) >= 11 is 0. The molecule has 0 unspecified atom stereocenters. The van der Waals surface area contributed by atoms with Gasteiger partial charge in [0, 0.05) is 7.05 Å². The molecule has 0 N–H and O–H groups in total. The number of hydrogen-bond donors (Lipinski definition) is 0. The van der Waals surface area contributed by atoms with Crippen LogP contribution in [0.5, 0.6) is 0 Å². The van der Waals surface area contributed by atoms with Gasteiger partial charge in [-0.05, 0) is 25.2 Å². The van der Waals surface area contributed by atoms with Crippen LogP contribution < -0.4 is 11.2 Å². The lowest BCUT2D eigenvalue weighted by molar-refractivity contribution is 0.342. The molecule has 0 saturated carbocycles. The summed E-state index contributed by atoms with van der Waals surface area (Å²) < 4.78 is 2.68. The number of benzene rings is 1. The van der Waals surface area contributed by atoms with Crippen LogP contribution in [0.3, 0.4) is 0 Å². The predicted octanol–water partition coefficient (Wildman–Crippen LogP) is 1.47. The molecule has 0 amide bonds. The maximum Gasteiger partial charge on any atom is 0.332 e. The fourth-order valence-corrected chi connectivity index (χ4v) is 2.35. The minimum absolute atomic E-state index is 0. The normalized spacial score (nSPS) is 10.3. The zero-order valence-corrected chi connectivity index (χ0v) is 14.5. The molecule has 1 aromatic heterocycles. The van der Waals surface area contributed by atoms with E-state index in [2.05, 4.69) is 30.6 Å². The Hall–Kier alpha value is -2.03. The minimum atomic E-state index is -0.333. The van der Waals surface area contributed by atoms with Gasteiger partial charge in [0.05, 0.1) is 24.0 Å². The fraction of sp³-hybridized carbons (Fsp3) is 0.412. The first-order valence-electron chi connectivity index (χ1n) is 7.46. The maximum atomic E-state index is 12.4. The van der Waals surface area contributed by atoms with Gasteiger partial charge in [-0.15, -0.1) is 12.4 Å². The van der Waals surface area contributed by atoms with Crippen molar-refractivity contribution in [1.29, 1.82) is 0 Å². The van der Waals surface area contributed by atoms with Crippen LogP contribution in [0.4, 0.5) is 0 Å². The highest BCUT2D eigenvalue weighted by molar-refractivity contribution is 5.85. The van der Waals surface area contributed by atoms with Gasteiger partial charge in [0.25, 0.3) is 5.56 Å². The number of para-hydroxylation sites is 1. The van der Waals surface area contributed by atoms with Crippen LogP contribution in [-0.2, 0) is 13.6 Å². The minimum Gasteiger partial charge on any atom is -0.296 e. The van der Waals surface area contributed by atoms with Crippen LogP contribution >= 0.6 is 12.4 Å². The largest absolute Gasteiger partial charge is 0.332 e. The first-order valence-corrected chi connectivity index (χ1v) is 7.46. The molecule has 6 heteroatoms. The molecule has 0 saturated heterocycles. The molecule has 2 rings (SSSR count). The van der Waals surface area contributed by atoms with Crippen molar-refractivity contribution in [2.75, 3.05) is 19.6 Å². The van der Waals surface area contributed by atoms with E-state index in [9.17, 15) is 9.59 Å². The molecule has 0 bridgehead atoms. The SMILES string of the molecule is CCN(CC)CC#CCn1c(=O)c2ccccc2n(C)c1=O.Cl. The molecule has 0 fully saturated rings. The quantitative estimate of drug-likeness (QED) is 0.795. The number of hydrogen-bond acceptors (Lipinski definition) is 3. The van der Waals surface area contributed by atoms with E-state index in [0.717, 1.165) is 13.1 Å². The topological polar surface area (TPSA) is 47.2 Å².